The predicted molar refractivity (Wildman–Crippen MR) is 37.5 cm³/mol. The van der Waals surface area contributed by atoms with Gasteiger partial charge in [-0.3, -0.25) is 0 Å². The van der Waals surface area contributed by atoms with E-state index in [2.05, 4.69) is 0 Å². The van der Waals surface area contributed by atoms with E-state index in [1.165, 1.54) is 0 Å². The third kappa shape index (κ3) is 1.75. The molecule has 0 radical (unpaired) electrons. The molecule has 0 N–H and O–H groups in total. The second kappa shape index (κ2) is 3.97. The lowest BCUT2D eigenvalue weighted by Crippen LogP contribution is -2.24. The summed E-state index contributed by atoms with van der Waals surface area (Å²) in [6.45, 7) is 0. The van der Waals surface area contributed by atoms with E-state index in [1.807, 2.05) is 0 Å². The molecule has 1 aromatic carbocycles. The quantitative estimate of drug-likeness (QED) is 0.297. The van der Waals surface area contributed by atoms with Crippen LogP contribution in [0.5, 0.6) is 0 Å². The number of hydrogen-bond acceptors (Lipinski definition) is 0. The highest BCUT2D eigenvalue weighted by Crippen LogP contribution is 2.15. The monoisotopic (exact) mass is 226 g/mol. The van der Waals surface area contributed by atoms with Gasteiger partial charge in [-0.05, 0) is 0 Å². The Labute approximate surface area is 83.2 Å². The molecule has 0 unspecified atom stereocenters. The van der Waals surface area contributed by atoms with E-state index in [4.69, 9.17) is 9.07 Å². The van der Waals surface area contributed by atoms with Gasteiger partial charge in [-0.25, -0.2) is 22.0 Å². The Kier molecular flexibility index (Phi) is 3.36. The van der Waals surface area contributed by atoms with Crippen molar-refractivity contribution in [2.75, 3.05) is 0 Å². The molecular formula is C6ClF5Mg. The molecule has 68 valence electrons. The number of halogens is 6. The van der Waals surface area contributed by atoms with Crippen LogP contribution in [0.4, 0.5) is 22.0 Å². The van der Waals surface area contributed by atoms with Crippen LogP contribution >= 0.6 is 9.07 Å². The van der Waals surface area contributed by atoms with Crippen molar-refractivity contribution in [2.24, 2.45) is 0 Å². The van der Waals surface area contributed by atoms with Crippen molar-refractivity contribution in [3.63, 3.8) is 0 Å². The predicted octanol–water partition coefficient (Wildman–Crippen LogP) is 1.87. The highest BCUT2D eigenvalue weighted by atomic mass is 35.5. The lowest BCUT2D eigenvalue weighted by molar-refractivity contribution is 0.384. The van der Waals surface area contributed by atoms with Gasteiger partial charge in [-0.2, -0.15) is 0 Å². The van der Waals surface area contributed by atoms with Crippen molar-refractivity contribution in [3.05, 3.63) is 29.1 Å². The fourth-order valence-electron chi connectivity index (χ4n) is 0.768. The molecular weight excluding hydrogens is 227 g/mol. The standard InChI is InChI=1S/C6F5.ClH.Mg/c7-2-1-3(8)5(10)6(11)4(2)9;;/h;1H;/q;;+1/p-1. The Hall–Kier alpha value is -0.0738. The Morgan fingerprint density at radius 2 is 1.00 bits per heavy atom. The number of benzene rings is 1. The van der Waals surface area contributed by atoms with Crippen LogP contribution in [0.15, 0.2) is 0 Å². The van der Waals surface area contributed by atoms with Gasteiger partial charge in [0.05, 0.1) is 0 Å². The summed E-state index contributed by atoms with van der Waals surface area (Å²) in [5.41, 5.74) is 0. The summed E-state index contributed by atoms with van der Waals surface area (Å²) in [6.07, 6.45) is 0. The topological polar surface area (TPSA) is 0 Å². The van der Waals surface area contributed by atoms with Crippen LogP contribution in [0, 0.1) is 29.1 Å². The van der Waals surface area contributed by atoms with Crippen molar-refractivity contribution < 1.29 is 22.0 Å². The number of hydrogen-bond donors (Lipinski definition) is 0. The fraction of sp³-hybridized carbons (Fsp3) is 0. The van der Waals surface area contributed by atoms with Crippen molar-refractivity contribution in [3.8, 4) is 0 Å². The molecule has 13 heavy (non-hydrogen) atoms. The van der Waals surface area contributed by atoms with E-state index in [0.29, 0.717) is 0 Å². The van der Waals surface area contributed by atoms with E-state index < -0.39 is 52.0 Å². The van der Waals surface area contributed by atoms with E-state index >= 15 is 0 Å². The van der Waals surface area contributed by atoms with Gasteiger partial charge in [0, 0.05) is 0 Å². The highest BCUT2D eigenvalue weighted by Gasteiger charge is 2.24. The largest absolute Gasteiger partial charge is 0.547 e. The first-order chi connectivity index (χ1) is 6.00. The van der Waals surface area contributed by atoms with Gasteiger partial charge in [0.15, 0.2) is 17.5 Å². The molecule has 0 atom stereocenters. The van der Waals surface area contributed by atoms with Gasteiger partial charge < -0.3 is 9.07 Å². The Morgan fingerprint density at radius 3 is 1.31 bits per heavy atom. The molecule has 0 aliphatic heterocycles. The van der Waals surface area contributed by atoms with Crippen LogP contribution < -0.4 is 3.69 Å². The fourth-order valence-corrected chi connectivity index (χ4v) is 2.02. The molecule has 7 heteroatoms. The van der Waals surface area contributed by atoms with Gasteiger partial charge in [-0.1, -0.05) is 3.69 Å². The van der Waals surface area contributed by atoms with Crippen LogP contribution in [0.25, 0.3) is 0 Å². The molecule has 0 heterocycles. The molecule has 0 aliphatic rings. The average Bonchev–Trinajstić information content (AvgIpc) is 2.13. The van der Waals surface area contributed by atoms with Gasteiger partial charge in [-0.15, -0.1) is 0 Å². The Morgan fingerprint density at radius 1 is 0.692 bits per heavy atom. The Balaban J connectivity index is 3.56. The molecule has 0 amide bonds. The summed E-state index contributed by atoms with van der Waals surface area (Å²) in [5.74, 6) is -9.68. The van der Waals surface area contributed by atoms with Crippen molar-refractivity contribution in [1.82, 2.24) is 0 Å². The molecule has 1 aromatic rings. The van der Waals surface area contributed by atoms with Crippen molar-refractivity contribution in [1.29, 1.82) is 0 Å². The third-order valence-corrected chi connectivity index (χ3v) is 3.12. The lowest BCUT2D eigenvalue weighted by atomic mass is 10.3. The summed E-state index contributed by atoms with van der Waals surface area (Å²) in [7, 11) is 5.14. The maximum Gasteiger partial charge on any atom is 0.547 e. The Bertz CT molecular complexity index is 324. The summed E-state index contributed by atoms with van der Waals surface area (Å²) >= 11 is -1.95. The molecule has 0 saturated carbocycles. The molecule has 0 nitrogen and oxygen atoms in total. The van der Waals surface area contributed by atoms with Crippen LogP contribution in [-0.2, 0) is 0 Å². The second-order valence-corrected chi connectivity index (χ2v) is 3.96. The third-order valence-electron chi connectivity index (χ3n) is 1.43. The van der Waals surface area contributed by atoms with E-state index in [9.17, 15) is 22.0 Å². The minimum absolute atomic E-state index is 0.877. The molecule has 0 aromatic heterocycles. The number of rotatable bonds is 1. The summed E-state index contributed by atoms with van der Waals surface area (Å²) in [6, 6.07) is 0. The maximum atomic E-state index is 12.6. The zero-order chi connectivity index (χ0) is 10.2. The van der Waals surface area contributed by atoms with Crippen molar-refractivity contribution in [2.45, 2.75) is 0 Å². The normalized spacial score (nSPS) is 10.0. The summed E-state index contributed by atoms with van der Waals surface area (Å²) < 4.78 is 61.6. The minimum Gasteiger partial charge on any atom is -0.335 e. The van der Waals surface area contributed by atoms with Crippen LogP contribution in [0.3, 0.4) is 0 Å². The summed E-state index contributed by atoms with van der Waals surface area (Å²) in [4.78, 5) is 0. The van der Waals surface area contributed by atoms with Gasteiger partial charge in [0.2, 0.25) is 0 Å². The molecule has 0 fully saturated rings. The van der Waals surface area contributed by atoms with E-state index in [-0.39, 0.29) is 0 Å². The second-order valence-electron chi connectivity index (χ2n) is 2.18. The highest BCUT2D eigenvalue weighted by molar-refractivity contribution is 7.01. The minimum atomic E-state index is -2.15. The molecule has 0 aliphatic carbocycles. The average molecular weight is 227 g/mol. The van der Waals surface area contributed by atoms with Crippen LogP contribution in [0.1, 0.15) is 0 Å². The van der Waals surface area contributed by atoms with Crippen molar-refractivity contribution >= 4 is 32.0 Å². The van der Waals surface area contributed by atoms with Gasteiger partial charge in [0.25, 0.3) is 0 Å². The smallest absolute Gasteiger partial charge is 0.335 e. The molecule has 1 rings (SSSR count). The van der Waals surface area contributed by atoms with Gasteiger partial charge in [0.1, 0.15) is 11.6 Å². The summed E-state index contributed by atoms with van der Waals surface area (Å²) in [5, 5.41) is 0. The van der Waals surface area contributed by atoms with Crippen LogP contribution in [0.2, 0.25) is 0 Å². The maximum absolute atomic E-state index is 12.6. The molecule has 0 bridgehead atoms. The first-order valence-electron chi connectivity index (χ1n) is 3.07. The first kappa shape index (κ1) is 11.0. The van der Waals surface area contributed by atoms with E-state index in [0.717, 1.165) is 0 Å². The molecule has 0 spiro atoms. The molecule has 0 saturated heterocycles. The zero-order valence-corrected chi connectivity index (χ0v) is 8.15. The van der Waals surface area contributed by atoms with Gasteiger partial charge >= 0.3 is 19.3 Å². The van der Waals surface area contributed by atoms with Crippen LogP contribution in [-0.4, -0.2) is 19.3 Å². The SMILES string of the molecule is Fc1c(F)c(F)[c]([Mg][Cl])c(F)c1F. The zero-order valence-electron chi connectivity index (χ0n) is 5.97. The lowest BCUT2D eigenvalue weighted by Gasteiger charge is -2.04. The van der Waals surface area contributed by atoms with E-state index in [1.54, 1.807) is 0 Å². The first-order valence-corrected chi connectivity index (χ1v) is 5.91.